The Kier molecular flexibility index (Phi) is 4.72. The number of aromatic nitrogens is 2. The number of aryl methyl sites for hydroxylation is 1. The summed E-state index contributed by atoms with van der Waals surface area (Å²) in [7, 11) is 0. The van der Waals surface area contributed by atoms with Gasteiger partial charge in [-0.05, 0) is 49.6 Å². The number of rotatable bonds is 4. The number of nitrogens with zero attached hydrogens (tertiary/aromatic N) is 2. The van der Waals surface area contributed by atoms with Gasteiger partial charge in [-0.25, -0.2) is 9.37 Å². The number of halogens is 1. The van der Waals surface area contributed by atoms with E-state index >= 15 is 0 Å². The molecular formula is C23H22FN3O3. The lowest BCUT2D eigenvalue weighted by molar-refractivity contribution is -0.117. The second kappa shape index (κ2) is 7.41. The predicted molar refractivity (Wildman–Crippen MR) is 110 cm³/mol. The Labute approximate surface area is 173 Å². The van der Waals surface area contributed by atoms with E-state index in [-0.39, 0.29) is 23.6 Å². The molecule has 2 aromatic heterocycles. The molecule has 2 atom stereocenters. The highest BCUT2D eigenvalue weighted by atomic mass is 19.1. The van der Waals surface area contributed by atoms with Crippen LogP contribution in [0.25, 0.3) is 22.0 Å². The fourth-order valence-electron chi connectivity index (χ4n) is 3.93. The van der Waals surface area contributed by atoms with Crippen molar-refractivity contribution in [1.29, 1.82) is 0 Å². The van der Waals surface area contributed by atoms with Crippen LogP contribution in [-0.2, 0) is 9.53 Å². The zero-order valence-corrected chi connectivity index (χ0v) is 16.6. The second-order valence-corrected chi connectivity index (χ2v) is 8.13. The number of benzene rings is 1. The van der Waals surface area contributed by atoms with Gasteiger partial charge in [-0.15, -0.1) is 0 Å². The lowest BCUT2D eigenvalue weighted by Crippen LogP contribution is -2.14. The molecule has 3 heterocycles. The maximum Gasteiger partial charge on any atom is 0.228 e. The summed E-state index contributed by atoms with van der Waals surface area (Å²) in [5.41, 5.74) is 3.03. The first-order chi connectivity index (χ1) is 14.5. The fraction of sp³-hybridized carbons (Fsp3) is 0.348. The third-order valence-corrected chi connectivity index (χ3v) is 5.78. The molecule has 2 N–H and O–H groups in total. The van der Waals surface area contributed by atoms with Gasteiger partial charge in [0, 0.05) is 40.8 Å². The van der Waals surface area contributed by atoms with E-state index in [4.69, 9.17) is 9.72 Å². The average molecular weight is 407 g/mol. The molecule has 1 aliphatic heterocycles. The third kappa shape index (κ3) is 3.66. The molecule has 5 rings (SSSR count). The van der Waals surface area contributed by atoms with Crippen molar-refractivity contribution in [2.75, 3.05) is 11.9 Å². The summed E-state index contributed by atoms with van der Waals surface area (Å²) in [4.78, 5) is 21.4. The normalized spacial score (nSPS) is 21.2. The van der Waals surface area contributed by atoms with Gasteiger partial charge in [0.15, 0.2) is 6.29 Å². The third-order valence-electron chi connectivity index (χ3n) is 5.78. The smallest absolute Gasteiger partial charge is 0.228 e. The summed E-state index contributed by atoms with van der Waals surface area (Å²) in [6, 6.07) is 8.34. The first-order valence-electron chi connectivity index (χ1n) is 10.2. The van der Waals surface area contributed by atoms with Crippen LogP contribution in [0.4, 0.5) is 10.2 Å². The molecule has 1 aliphatic carbocycles. The lowest BCUT2D eigenvalue weighted by atomic mass is 9.96. The van der Waals surface area contributed by atoms with E-state index in [0.717, 1.165) is 34.9 Å². The molecule has 3 aromatic rings. The fourth-order valence-corrected chi connectivity index (χ4v) is 3.93. The molecule has 154 valence electrons. The minimum atomic E-state index is -0.831. The van der Waals surface area contributed by atoms with Crippen molar-refractivity contribution in [2.24, 2.45) is 5.92 Å². The van der Waals surface area contributed by atoms with Gasteiger partial charge in [-0.2, -0.15) is 0 Å². The monoisotopic (exact) mass is 407 g/mol. The van der Waals surface area contributed by atoms with Crippen LogP contribution in [0, 0.1) is 18.7 Å². The zero-order valence-electron chi connectivity index (χ0n) is 16.6. The van der Waals surface area contributed by atoms with Gasteiger partial charge in [0.1, 0.15) is 11.6 Å². The molecule has 0 radical (unpaired) electrons. The zero-order chi connectivity index (χ0) is 20.8. The first-order valence-corrected chi connectivity index (χ1v) is 10.2. The quantitative estimate of drug-likeness (QED) is 0.685. The lowest BCUT2D eigenvalue weighted by Gasteiger charge is -2.15. The van der Waals surface area contributed by atoms with Crippen LogP contribution in [0.2, 0.25) is 0 Å². The van der Waals surface area contributed by atoms with E-state index in [9.17, 15) is 14.3 Å². The topological polar surface area (TPSA) is 84.3 Å². The number of carbonyl (C=O) groups excluding carboxylic acids is 1. The molecule has 6 nitrogen and oxygen atoms in total. The Hall–Kier alpha value is -2.90. The van der Waals surface area contributed by atoms with Gasteiger partial charge < -0.3 is 15.2 Å². The highest BCUT2D eigenvalue weighted by Gasteiger charge is 2.31. The molecule has 7 heteroatoms. The van der Waals surface area contributed by atoms with E-state index in [1.807, 2.05) is 19.1 Å². The standard InChI is InChI=1S/C23H22FN3O3/c1-12-2-5-16(24)8-17(12)19-6-14-10-25-20(27-23(29)13-3-4-13)9-18(14)22(26-19)15-7-21(28)30-11-15/h2,5-6,8-10,13,15,21,28H,3-4,7,11H2,1H3,(H,25,27,29). The number of carbonyl (C=O) groups is 1. The summed E-state index contributed by atoms with van der Waals surface area (Å²) >= 11 is 0. The largest absolute Gasteiger partial charge is 0.368 e. The van der Waals surface area contributed by atoms with Gasteiger partial charge in [0.05, 0.1) is 18.0 Å². The molecule has 1 aromatic carbocycles. The van der Waals surface area contributed by atoms with Crippen molar-refractivity contribution in [3.63, 3.8) is 0 Å². The highest BCUT2D eigenvalue weighted by molar-refractivity contribution is 5.96. The number of ether oxygens (including phenoxy) is 1. The Morgan fingerprint density at radius 1 is 1.27 bits per heavy atom. The van der Waals surface area contributed by atoms with E-state index in [1.54, 1.807) is 12.3 Å². The van der Waals surface area contributed by atoms with Crippen molar-refractivity contribution in [1.82, 2.24) is 9.97 Å². The average Bonchev–Trinajstić information content (AvgIpc) is 3.50. The number of nitrogens with one attached hydrogen (secondary N) is 1. The van der Waals surface area contributed by atoms with Gasteiger partial charge in [0.25, 0.3) is 0 Å². The summed E-state index contributed by atoms with van der Waals surface area (Å²) in [6.07, 6.45) is 3.13. The Balaban J connectivity index is 1.63. The number of aliphatic hydroxyl groups excluding tert-OH is 1. The minimum Gasteiger partial charge on any atom is -0.368 e. The molecule has 2 fully saturated rings. The molecule has 0 bridgehead atoms. The van der Waals surface area contributed by atoms with Gasteiger partial charge in [0.2, 0.25) is 5.91 Å². The van der Waals surface area contributed by atoms with Gasteiger partial charge >= 0.3 is 0 Å². The second-order valence-electron chi connectivity index (χ2n) is 8.13. The molecule has 0 spiro atoms. The van der Waals surface area contributed by atoms with E-state index in [2.05, 4.69) is 10.3 Å². The number of hydrogen-bond donors (Lipinski definition) is 2. The highest BCUT2D eigenvalue weighted by Crippen LogP contribution is 2.36. The molecule has 30 heavy (non-hydrogen) atoms. The van der Waals surface area contributed by atoms with E-state index < -0.39 is 6.29 Å². The maximum atomic E-state index is 13.9. The Bertz CT molecular complexity index is 1150. The number of amides is 1. The number of hydrogen-bond acceptors (Lipinski definition) is 5. The Morgan fingerprint density at radius 2 is 2.10 bits per heavy atom. The van der Waals surface area contributed by atoms with Crippen LogP contribution in [0.5, 0.6) is 0 Å². The van der Waals surface area contributed by atoms with Gasteiger partial charge in [-0.1, -0.05) is 6.07 Å². The summed E-state index contributed by atoms with van der Waals surface area (Å²) in [6.45, 7) is 2.26. The van der Waals surface area contributed by atoms with E-state index in [0.29, 0.717) is 30.1 Å². The van der Waals surface area contributed by atoms with Crippen LogP contribution in [0.1, 0.15) is 36.4 Å². The summed E-state index contributed by atoms with van der Waals surface area (Å²) < 4.78 is 19.3. The van der Waals surface area contributed by atoms with Crippen molar-refractivity contribution >= 4 is 22.5 Å². The molecule has 1 saturated carbocycles. The van der Waals surface area contributed by atoms with Gasteiger partial charge in [-0.3, -0.25) is 9.78 Å². The SMILES string of the molecule is Cc1ccc(F)cc1-c1cc2cnc(NC(=O)C3CC3)cc2c(C2COC(O)C2)n1. The van der Waals surface area contributed by atoms with Crippen LogP contribution >= 0.6 is 0 Å². The number of aliphatic hydroxyl groups is 1. The van der Waals surface area contributed by atoms with Crippen molar-refractivity contribution < 1.29 is 19.0 Å². The van der Waals surface area contributed by atoms with Crippen LogP contribution < -0.4 is 5.32 Å². The van der Waals surface area contributed by atoms with Crippen molar-refractivity contribution in [3.05, 3.63) is 53.6 Å². The number of fused-ring (bicyclic) bond motifs is 1. The van der Waals surface area contributed by atoms with Crippen molar-refractivity contribution in [2.45, 2.75) is 38.4 Å². The maximum absolute atomic E-state index is 13.9. The molecule has 1 amide bonds. The molecule has 2 aliphatic rings. The molecule has 2 unspecified atom stereocenters. The number of anilines is 1. The van der Waals surface area contributed by atoms with E-state index in [1.165, 1.54) is 12.1 Å². The summed E-state index contributed by atoms with van der Waals surface area (Å²) in [5.74, 6) is 0.122. The first kappa shape index (κ1) is 19.1. The van der Waals surface area contributed by atoms with Crippen LogP contribution in [0.15, 0.2) is 36.5 Å². The molecule has 1 saturated heterocycles. The summed E-state index contributed by atoms with van der Waals surface area (Å²) in [5, 5.41) is 14.4. The van der Waals surface area contributed by atoms with Crippen LogP contribution in [-0.4, -0.2) is 33.9 Å². The van der Waals surface area contributed by atoms with Crippen molar-refractivity contribution in [3.8, 4) is 11.3 Å². The van der Waals surface area contributed by atoms with Crippen LogP contribution in [0.3, 0.4) is 0 Å². The molecular weight excluding hydrogens is 385 g/mol. The predicted octanol–water partition coefficient (Wildman–Crippen LogP) is 3.92. The number of pyridine rings is 2. The minimum absolute atomic E-state index is 0.0111. The Morgan fingerprint density at radius 3 is 2.83 bits per heavy atom.